The summed E-state index contributed by atoms with van der Waals surface area (Å²) in [7, 11) is 0. The van der Waals surface area contributed by atoms with Crippen LogP contribution in [0, 0.1) is 0 Å². The number of phenolic OH excluding ortho intramolecular Hbond substituents is 1. The molecule has 7 heteroatoms. The minimum absolute atomic E-state index is 0.0866. The van der Waals surface area contributed by atoms with Crippen LogP contribution < -0.4 is 5.32 Å². The molecule has 3 rings (SSSR count). The number of phenols is 1. The summed E-state index contributed by atoms with van der Waals surface area (Å²) in [6.45, 7) is 3.32. The van der Waals surface area contributed by atoms with Crippen LogP contribution in [0.1, 0.15) is 24.2 Å². The molecule has 0 bridgehead atoms. The molecule has 0 aliphatic heterocycles. The number of aromatic hydroxyl groups is 1. The van der Waals surface area contributed by atoms with Crippen molar-refractivity contribution in [3.63, 3.8) is 0 Å². The lowest BCUT2D eigenvalue weighted by Gasteiger charge is -2.06. The van der Waals surface area contributed by atoms with Gasteiger partial charge in [-0.25, -0.2) is 4.79 Å². The normalized spacial score (nSPS) is 10.7. The predicted molar refractivity (Wildman–Crippen MR) is 104 cm³/mol. The van der Waals surface area contributed by atoms with E-state index < -0.39 is 5.97 Å². The SMILES string of the molecule is CCOC(=O)c1c(NC(C)=O)sc2c(O)c(Sc3ccccc3)ccc12. The summed E-state index contributed by atoms with van der Waals surface area (Å²) in [6.07, 6.45) is 0. The highest BCUT2D eigenvalue weighted by atomic mass is 32.2. The van der Waals surface area contributed by atoms with Gasteiger partial charge in [-0.3, -0.25) is 4.79 Å². The van der Waals surface area contributed by atoms with Crippen molar-refractivity contribution in [3.8, 4) is 5.75 Å². The molecule has 0 atom stereocenters. The second-order valence-electron chi connectivity index (χ2n) is 5.41. The van der Waals surface area contributed by atoms with Gasteiger partial charge in [0.05, 0.1) is 16.2 Å². The van der Waals surface area contributed by atoms with E-state index in [9.17, 15) is 14.7 Å². The summed E-state index contributed by atoms with van der Waals surface area (Å²) in [5.41, 5.74) is 0.272. The minimum Gasteiger partial charge on any atom is -0.505 e. The van der Waals surface area contributed by atoms with E-state index in [0.29, 0.717) is 20.0 Å². The van der Waals surface area contributed by atoms with Crippen molar-refractivity contribution in [1.29, 1.82) is 0 Å². The number of hydrogen-bond acceptors (Lipinski definition) is 6. The van der Waals surface area contributed by atoms with Crippen LogP contribution in [0.3, 0.4) is 0 Å². The van der Waals surface area contributed by atoms with E-state index in [4.69, 9.17) is 4.74 Å². The van der Waals surface area contributed by atoms with Gasteiger partial charge in [0.1, 0.15) is 16.3 Å². The van der Waals surface area contributed by atoms with Gasteiger partial charge in [-0.2, -0.15) is 0 Å². The Balaban J connectivity index is 2.10. The van der Waals surface area contributed by atoms with E-state index in [0.717, 1.165) is 16.2 Å². The summed E-state index contributed by atoms with van der Waals surface area (Å²) in [4.78, 5) is 25.5. The maximum absolute atomic E-state index is 12.4. The first-order valence-corrected chi connectivity index (χ1v) is 9.60. The van der Waals surface area contributed by atoms with Gasteiger partial charge in [0.2, 0.25) is 5.91 Å². The number of rotatable bonds is 5. The van der Waals surface area contributed by atoms with Crippen LogP contribution >= 0.6 is 23.1 Å². The van der Waals surface area contributed by atoms with Crippen LogP contribution in [0.15, 0.2) is 52.3 Å². The lowest BCUT2D eigenvalue weighted by Crippen LogP contribution is -2.10. The van der Waals surface area contributed by atoms with E-state index in [2.05, 4.69) is 5.32 Å². The van der Waals surface area contributed by atoms with Crippen molar-refractivity contribution in [2.45, 2.75) is 23.6 Å². The number of anilines is 1. The molecular formula is C19H17NO4S2. The zero-order valence-corrected chi connectivity index (χ0v) is 15.9. The van der Waals surface area contributed by atoms with Gasteiger partial charge in [0.15, 0.2) is 0 Å². The van der Waals surface area contributed by atoms with E-state index in [-0.39, 0.29) is 23.8 Å². The third-order valence-corrected chi connectivity index (χ3v) is 5.72. The highest BCUT2D eigenvalue weighted by Crippen LogP contribution is 2.46. The molecule has 2 aromatic carbocycles. The number of carbonyl (C=O) groups is 2. The molecule has 2 N–H and O–H groups in total. The minimum atomic E-state index is -0.523. The van der Waals surface area contributed by atoms with E-state index in [1.807, 2.05) is 30.3 Å². The third-order valence-electron chi connectivity index (χ3n) is 3.54. The third kappa shape index (κ3) is 3.68. The molecule has 0 radical (unpaired) electrons. The van der Waals surface area contributed by atoms with Gasteiger partial charge >= 0.3 is 5.97 Å². The molecule has 1 heterocycles. The number of nitrogens with one attached hydrogen (secondary N) is 1. The Labute approximate surface area is 159 Å². The second-order valence-corrected chi connectivity index (χ2v) is 7.55. The van der Waals surface area contributed by atoms with E-state index in [1.165, 1.54) is 18.7 Å². The quantitative estimate of drug-likeness (QED) is 0.610. The summed E-state index contributed by atoms with van der Waals surface area (Å²) in [6, 6.07) is 13.2. The van der Waals surface area contributed by atoms with Crippen molar-refractivity contribution in [3.05, 3.63) is 48.0 Å². The lowest BCUT2D eigenvalue weighted by atomic mass is 10.1. The van der Waals surface area contributed by atoms with Crippen molar-refractivity contribution < 1.29 is 19.4 Å². The highest BCUT2D eigenvalue weighted by molar-refractivity contribution is 7.99. The van der Waals surface area contributed by atoms with Gasteiger partial charge in [-0.15, -0.1) is 11.3 Å². The summed E-state index contributed by atoms with van der Waals surface area (Å²) >= 11 is 2.59. The molecule has 0 spiro atoms. The second kappa shape index (κ2) is 7.80. The summed E-state index contributed by atoms with van der Waals surface area (Å²) in [5, 5.41) is 14.3. The molecule has 0 saturated carbocycles. The van der Waals surface area contributed by atoms with Gasteiger partial charge in [0.25, 0.3) is 0 Å². The molecule has 5 nitrogen and oxygen atoms in total. The van der Waals surface area contributed by atoms with Gasteiger partial charge in [-0.05, 0) is 25.1 Å². The maximum atomic E-state index is 12.4. The molecule has 0 aliphatic carbocycles. The fourth-order valence-corrected chi connectivity index (χ4v) is 4.61. The molecule has 0 aliphatic rings. The standard InChI is InChI=1S/C19H17NO4S2/c1-3-24-19(23)15-13-9-10-14(25-12-7-5-4-6-8-12)16(22)17(13)26-18(15)20-11(2)21/h4-10,22H,3H2,1-2H3,(H,20,21). The molecule has 0 fully saturated rings. The van der Waals surface area contributed by atoms with Gasteiger partial charge < -0.3 is 15.2 Å². The Hall–Kier alpha value is -2.51. The van der Waals surface area contributed by atoms with Crippen molar-refractivity contribution in [1.82, 2.24) is 0 Å². The number of ether oxygens (including phenoxy) is 1. The van der Waals surface area contributed by atoms with Crippen LogP contribution in [-0.4, -0.2) is 23.6 Å². The van der Waals surface area contributed by atoms with Crippen molar-refractivity contribution in [2.75, 3.05) is 11.9 Å². The molecule has 0 unspecified atom stereocenters. The first-order chi connectivity index (χ1) is 12.5. The van der Waals surface area contributed by atoms with Crippen molar-refractivity contribution in [2.24, 2.45) is 0 Å². The summed E-state index contributed by atoms with van der Waals surface area (Å²) in [5.74, 6) is -0.727. The van der Waals surface area contributed by atoms with E-state index >= 15 is 0 Å². The number of benzene rings is 2. The van der Waals surface area contributed by atoms with Crippen LogP contribution in [0.4, 0.5) is 5.00 Å². The number of amides is 1. The molecular weight excluding hydrogens is 370 g/mol. The van der Waals surface area contributed by atoms with Crippen molar-refractivity contribution >= 4 is 50.1 Å². The Bertz CT molecular complexity index is 967. The Morgan fingerprint density at radius 3 is 2.58 bits per heavy atom. The smallest absolute Gasteiger partial charge is 0.341 e. The van der Waals surface area contributed by atoms with Crippen LogP contribution in [0.5, 0.6) is 5.75 Å². The number of esters is 1. The fourth-order valence-electron chi connectivity index (χ4n) is 2.48. The summed E-state index contributed by atoms with van der Waals surface area (Å²) < 4.78 is 5.65. The average Bonchev–Trinajstić information content (AvgIpc) is 2.97. The fraction of sp³-hybridized carbons (Fsp3) is 0.158. The lowest BCUT2D eigenvalue weighted by molar-refractivity contribution is -0.114. The van der Waals surface area contributed by atoms with Crippen LogP contribution in [-0.2, 0) is 9.53 Å². The molecule has 1 amide bonds. The number of fused-ring (bicyclic) bond motifs is 1. The monoisotopic (exact) mass is 387 g/mol. The largest absolute Gasteiger partial charge is 0.505 e. The predicted octanol–water partition coefficient (Wildman–Crippen LogP) is 4.89. The van der Waals surface area contributed by atoms with Gasteiger partial charge in [-0.1, -0.05) is 36.0 Å². The van der Waals surface area contributed by atoms with Crippen LogP contribution in [0.2, 0.25) is 0 Å². The number of thiophene rings is 1. The number of hydrogen-bond donors (Lipinski definition) is 2. The first-order valence-electron chi connectivity index (χ1n) is 7.97. The van der Waals surface area contributed by atoms with E-state index in [1.54, 1.807) is 19.1 Å². The molecule has 1 aromatic heterocycles. The molecule has 3 aromatic rings. The highest BCUT2D eigenvalue weighted by Gasteiger charge is 2.23. The molecule has 134 valence electrons. The molecule has 26 heavy (non-hydrogen) atoms. The topological polar surface area (TPSA) is 75.6 Å². The molecule has 0 saturated heterocycles. The zero-order chi connectivity index (χ0) is 18.7. The van der Waals surface area contributed by atoms with Crippen LogP contribution in [0.25, 0.3) is 10.1 Å². The first kappa shape index (κ1) is 18.3. The van der Waals surface area contributed by atoms with Gasteiger partial charge in [0, 0.05) is 17.2 Å². The number of carbonyl (C=O) groups excluding carboxylic acids is 2. The zero-order valence-electron chi connectivity index (χ0n) is 14.2. The maximum Gasteiger partial charge on any atom is 0.341 e. The Morgan fingerprint density at radius 1 is 1.19 bits per heavy atom. The average molecular weight is 387 g/mol. The Morgan fingerprint density at radius 2 is 1.92 bits per heavy atom. The Kier molecular flexibility index (Phi) is 5.49.